The van der Waals surface area contributed by atoms with E-state index in [1.807, 2.05) is 51.1 Å². The number of nitrogens with zero attached hydrogens (tertiary/aromatic N) is 5. The Kier molecular flexibility index (Phi) is 5.65. The van der Waals surface area contributed by atoms with Gasteiger partial charge in [-0.25, -0.2) is 14.4 Å². The van der Waals surface area contributed by atoms with Crippen molar-refractivity contribution in [3.05, 3.63) is 99.2 Å². The second kappa shape index (κ2) is 8.65. The van der Waals surface area contributed by atoms with Crippen molar-refractivity contribution < 1.29 is 9.18 Å². The van der Waals surface area contributed by atoms with Crippen LogP contribution in [0.1, 0.15) is 46.1 Å². The van der Waals surface area contributed by atoms with Crippen molar-refractivity contribution in [2.75, 3.05) is 4.90 Å². The van der Waals surface area contributed by atoms with Crippen molar-refractivity contribution >= 4 is 23.3 Å². The third-order valence-electron chi connectivity index (χ3n) is 6.03. The molecule has 34 heavy (non-hydrogen) atoms. The number of hydrogen-bond acceptors (Lipinski definition) is 4. The van der Waals surface area contributed by atoms with Gasteiger partial charge in [-0.05, 0) is 62.2 Å². The van der Waals surface area contributed by atoms with Gasteiger partial charge in [0.05, 0.1) is 12.2 Å². The Bertz CT molecular complexity index is 1380. The Morgan fingerprint density at radius 2 is 1.74 bits per heavy atom. The van der Waals surface area contributed by atoms with Gasteiger partial charge in [0.25, 0.3) is 5.95 Å². The van der Waals surface area contributed by atoms with Crippen molar-refractivity contribution in [2.24, 2.45) is 0 Å². The normalized spacial score (nSPS) is 15.5. The van der Waals surface area contributed by atoms with E-state index in [-0.39, 0.29) is 30.6 Å². The molecule has 4 aromatic rings. The minimum atomic E-state index is -0.319. The summed E-state index contributed by atoms with van der Waals surface area (Å²) in [4.78, 5) is 24.5. The van der Waals surface area contributed by atoms with E-state index >= 15 is 0 Å². The van der Waals surface area contributed by atoms with Crippen LogP contribution in [0.4, 0.5) is 10.2 Å². The molecule has 2 aromatic heterocycles. The highest BCUT2D eigenvalue weighted by Crippen LogP contribution is 2.43. The van der Waals surface area contributed by atoms with Crippen LogP contribution in [-0.2, 0) is 11.3 Å². The Morgan fingerprint density at radius 1 is 1.03 bits per heavy atom. The maximum absolute atomic E-state index is 13.6. The molecule has 0 aliphatic carbocycles. The molecule has 5 rings (SSSR count). The minimum absolute atomic E-state index is 0.0627. The van der Waals surface area contributed by atoms with Gasteiger partial charge in [0.1, 0.15) is 11.6 Å². The van der Waals surface area contributed by atoms with Gasteiger partial charge in [0.15, 0.2) is 0 Å². The zero-order valence-electron chi connectivity index (χ0n) is 19.1. The number of aryl methyl sites for hydroxylation is 3. The largest absolute Gasteiger partial charge is 0.292 e. The van der Waals surface area contributed by atoms with E-state index in [0.717, 1.165) is 33.8 Å². The molecule has 0 saturated carbocycles. The van der Waals surface area contributed by atoms with Gasteiger partial charge in [0.2, 0.25) is 5.91 Å². The second-order valence-electron chi connectivity index (χ2n) is 8.60. The molecule has 0 fully saturated rings. The van der Waals surface area contributed by atoms with Crippen LogP contribution in [-0.4, -0.2) is 25.7 Å². The molecule has 0 saturated heterocycles. The van der Waals surface area contributed by atoms with Crippen LogP contribution in [0, 0.1) is 26.6 Å². The number of fused-ring (bicyclic) bond motifs is 1. The number of amides is 1. The van der Waals surface area contributed by atoms with Crippen molar-refractivity contribution in [1.82, 2.24) is 19.7 Å². The molecule has 172 valence electrons. The van der Waals surface area contributed by atoms with Gasteiger partial charge in [-0.2, -0.15) is 9.78 Å². The van der Waals surface area contributed by atoms with E-state index in [4.69, 9.17) is 16.7 Å². The Hall–Kier alpha value is -3.58. The zero-order chi connectivity index (χ0) is 24.0. The highest BCUT2D eigenvalue weighted by Gasteiger charge is 2.38. The predicted molar refractivity (Wildman–Crippen MR) is 129 cm³/mol. The lowest BCUT2D eigenvalue weighted by Crippen LogP contribution is -2.38. The first kappa shape index (κ1) is 22.2. The summed E-state index contributed by atoms with van der Waals surface area (Å²) in [6, 6.07) is 15.6. The predicted octanol–water partition coefficient (Wildman–Crippen LogP) is 5.45. The molecule has 3 heterocycles. The molecule has 0 radical (unpaired) electrons. The number of anilines is 1. The van der Waals surface area contributed by atoms with Crippen LogP contribution in [0.3, 0.4) is 0 Å². The van der Waals surface area contributed by atoms with Crippen LogP contribution in [0.2, 0.25) is 5.02 Å². The van der Waals surface area contributed by atoms with E-state index in [1.165, 1.54) is 12.1 Å². The summed E-state index contributed by atoms with van der Waals surface area (Å²) in [5.41, 5.74) is 5.11. The summed E-state index contributed by atoms with van der Waals surface area (Å²) in [5, 5.41) is 5.40. The Balaban J connectivity index is 1.71. The number of aromatic nitrogens is 4. The van der Waals surface area contributed by atoms with E-state index in [1.54, 1.807) is 21.7 Å². The topological polar surface area (TPSA) is 63.9 Å². The number of carbonyl (C=O) groups excluding carboxylic acids is 1. The first-order valence-corrected chi connectivity index (χ1v) is 11.4. The quantitative estimate of drug-likeness (QED) is 0.394. The van der Waals surface area contributed by atoms with E-state index < -0.39 is 0 Å². The zero-order valence-corrected chi connectivity index (χ0v) is 19.8. The SMILES string of the molecule is Cc1cc(C)nc(-n2nc(C)c3c2N(Cc2ccc(F)cc2)C(=O)CC3c2cccc(Cl)c2)n1. The van der Waals surface area contributed by atoms with Crippen LogP contribution < -0.4 is 4.90 Å². The van der Waals surface area contributed by atoms with E-state index in [2.05, 4.69) is 9.97 Å². The molecule has 1 unspecified atom stereocenters. The maximum Gasteiger partial charge on any atom is 0.252 e. The average molecular weight is 476 g/mol. The van der Waals surface area contributed by atoms with E-state index in [0.29, 0.717) is 16.8 Å². The van der Waals surface area contributed by atoms with Crippen molar-refractivity contribution in [2.45, 2.75) is 39.7 Å². The Labute approximate surface area is 202 Å². The minimum Gasteiger partial charge on any atom is -0.292 e. The van der Waals surface area contributed by atoms with Crippen molar-refractivity contribution in [3.8, 4) is 5.95 Å². The summed E-state index contributed by atoms with van der Waals surface area (Å²) in [6.07, 6.45) is 0.273. The van der Waals surface area contributed by atoms with Gasteiger partial charge in [-0.15, -0.1) is 0 Å². The monoisotopic (exact) mass is 475 g/mol. The molecule has 1 atom stereocenters. The number of hydrogen-bond donors (Lipinski definition) is 0. The number of carbonyl (C=O) groups is 1. The lowest BCUT2D eigenvalue weighted by atomic mass is 9.85. The van der Waals surface area contributed by atoms with Gasteiger partial charge in [-0.1, -0.05) is 35.9 Å². The summed E-state index contributed by atoms with van der Waals surface area (Å²) >= 11 is 6.29. The first-order valence-electron chi connectivity index (χ1n) is 11.0. The maximum atomic E-state index is 13.6. The Morgan fingerprint density at radius 3 is 2.41 bits per heavy atom. The lowest BCUT2D eigenvalue weighted by molar-refractivity contribution is -0.119. The highest BCUT2D eigenvalue weighted by molar-refractivity contribution is 6.30. The molecule has 1 aliphatic heterocycles. The summed E-state index contributed by atoms with van der Waals surface area (Å²) in [5.74, 6) is 0.455. The van der Waals surface area contributed by atoms with Crippen LogP contribution in [0.15, 0.2) is 54.6 Å². The van der Waals surface area contributed by atoms with Gasteiger partial charge in [-0.3, -0.25) is 9.69 Å². The summed E-state index contributed by atoms with van der Waals surface area (Å²) in [6.45, 7) is 6.01. The molecule has 0 spiro atoms. The molecule has 0 N–H and O–H groups in total. The summed E-state index contributed by atoms with van der Waals surface area (Å²) in [7, 11) is 0. The molecular formula is C26H23ClFN5O. The van der Waals surface area contributed by atoms with Gasteiger partial charge in [0, 0.05) is 34.3 Å². The van der Waals surface area contributed by atoms with Crippen LogP contribution in [0.25, 0.3) is 5.95 Å². The molecule has 2 aromatic carbocycles. The average Bonchev–Trinajstić information content (AvgIpc) is 3.13. The molecule has 1 aliphatic rings. The van der Waals surface area contributed by atoms with Gasteiger partial charge >= 0.3 is 0 Å². The number of rotatable bonds is 4. The van der Waals surface area contributed by atoms with Crippen molar-refractivity contribution in [1.29, 1.82) is 0 Å². The third kappa shape index (κ3) is 4.07. The highest BCUT2D eigenvalue weighted by atomic mass is 35.5. The molecular weight excluding hydrogens is 453 g/mol. The summed E-state index contributed by atoms with van der Waals surface area (Å²) < 4.78 is 15.2. The fourth-order valence-corrected chi connectivity index (χ4v) is 4.78. The fraction of sp³-hybridized carbons (Fsp3) is 0.231. The first-order chi connectivity index (χ1) is 16.3. The molecule has 0 bridgehead atoms. The molecule has 1 amide bonds. The number of benzene rings is 2. The lowest BCUT2D eigenvalue weighted by Gasteiger charge is -2.33. The second-order valence-corrected chi connectivity index (χ2v) is 9.04. The smallest absolute Gasteiger partial charge is 0.252 e. The van der Waals surface area contributed by atoms with Gasteiger partial charge < -0.3 is 0 Å². The van der Waals surface area contributed by atoms with Crippen molar-refractivity contribution in [3.63, 3.8) is 0 Å². The standard InChI is InChI=1S/C26H23ClFN5O/c1-15-11-16(2)30-26(29-15)33-25-24(17(3)31-33)22(19-5-4-6-20(27)12-19)13-23(34)32(25)14-18-7-9-21(28)10-8-18/h4-12,22H,13-14H2,1-3H3. The van der Waals surface area contributed by atoms with E-state index in [9.17, 15) is 9.18 Å². The number of halogens is 2. The third-order valence-corrected chi connectivity index (χ3v) is 6.27. The molecule has 8 heteroatoms. The van der Waals surface area contributed by atoms with Crippen LogP contribution >= 0.6 is 11.6 Å². The molecule has 6 nitrogen and oxygen atoms in total. The fourth-order valence-electron chi connectivity index (χ4n) is 4.58. The van der Waals surface area contributed by atoms with Crippen LogP contribution in [0.5, 0.6) is 0 Å².